The summed E-state index contributed by atoms with van der Waals surface area (Å²) in [6, 6.07) is 13.1. The molecule has 2 rings (SSSR count). The monoisotopic (exact) mass is 372 g/mol. The van der Waals surface area contributed by atoms with E-state index in [9.17, 15) is 5.11 Å². The van der Waals surface area contributed by atoms with Crippen LogP contribution in [0.5, 0.6) is 11.5 Å². The molecule has 0 aliphatic rings. The van der Waals surface area contributed by atoms with Crippen molar-refractivity contribution < 1.29 is 9.84 Å². The minimum absolute atomic E-state index is 0.0739. The fraction of sp³-hybridized carbons (Fsp3) is 0.200. The highest BCUT2D eigenvalue weighted by molar-refractivity contribution is 9.10. The minimum Gasteiger partial charge on any atom is -0.506 e. The first kappa shape index (κ1) is 15.5. The van der Waals surface area contributed by atoms with E-state index in [1.165, 1.54) is 11.0 Å². The maximum absolute atomic E-state index is 9.30. The summed E-state index contributed by atoms with van der Waals surface area (Å²) >= 11 is 11.0. The van der Waals surface area contributed by atoms with Crippen molar-refractivity contribution in [3.8, 4) is 11.5 Å². The lowest BCUT2D eigenvalue weighted by atomic mass is 10.3. The zero-order chi connectivity index (χ0) is 14.4. The molecular weight excluding hydrogens is 360 g/mol. The van der Waals surface area contributed by atoms with Gasteiger partial charge in [0.05, 0.1) is 11.6 Å². The van der Waals surface area contributed by atoms with Crippen molar-refractivity contribution in [1.29, 1.82) is 0 Å². The van der Waals surface area contributed by atoms with E-state index in [4.69, 9.17) is 16.3 Å². The van der Waals surface area contributed by atoms with E-state index in [1.54, 1.807) is 23.9 Å². The van der Waals surface area contributed by atoms with Gasteiger partial charge >= 0.3 is 0 Å². The van der Waals surface area contributed by atoms with Gasteiger partial charge in [-0.2, -0.15) is 0 Å². The third kappa shape index (κ3) is 4.93. The van der Waals surface area contributed by atoms with Crippen LogP contribution in [0.2, 0.25) is 5.02 Å². The number of phenolic OH excluding ortho intramolecular Hbond substituents is 1. The number of halogens is 2. The van der Waals surface area contributed by atoms with Gasteiger partial charge in [0.15, 0.2) is 0 Å². The van der Waals surface area contributed by atoms with E-state index in [2.05, 4.69) is 28.1 Å². The van der Waals surface area contributed by atoms with Crippen molar-refractivity contribution in [3.63, 3.8) is 0 Å². The smallest absolute Gasteiger partial charge is 0.134 e. The van der Waals surface area contributed by atoms with Crippen LogP contribution in [-0.2, 0) is 0 Å². The van der Waals surface area contributed by atoms with Crippen molar-refractivity contribution in [3.05, 3.63) is 52.0 Å². The first-order chi connectivity index (χ1) is 9.65. The van der Waals surface area contributed by atoms with Crippen molar-refractivity contribution in [2.24, 2.45) is 0 Å². The van der Waals surface area contributed by atoms with Crippen LogP contribution in [0.4, 0.5) is 0 Å². The highest BCUT2D eigenvalue weighted by atomic mass is 79.9. The summed E-state index contributed by atoms with van der Waals surface area (Å²) in [7, 11) is 0. The highest BCUT2D eigenvalue weighted by Gasteiger charge is 2.01. The zero-order valence-corrected chi connectivity index (χ0v) is 13.8. The molecule has 0 radical (unpaired) electrons. The number of hydrogen-bond donors (Lipinski definition) is 1. The van der Waals surface area contributed by atoms with Gasteiger partial charge in [0.1, 0.15) is 11.5 Å². The second kappa shape index (κ2) is 7.81. The molecule has 106 valence electrons. The van der Waals surface area contributed by atoms with Crippen LogP contribution in [-0.4, -0.2) is 17.5 Å². The Bertz CT molecular complexity index is 560. The minimum atomic E-state index is 0.0739. The van der Waals surface area contributed by atoms with Gasteiger partial charge in [-0.3, -0.25) is 0 Å². The lowest BCUT2D eigenvalue weighted by Gasteiger charge is -2.07. The van der Waals surface area contributed by atoms with Gasteiger partial charge in [-0.15, -0.1) is 11.8 Å². The van der Waals surface area contributed by atoms with Gasteiger partial charge in [-0.25, -0.2) is 0 Å². The van der Waals surface area contributed by atoms with Crippen molar-refractivity contribution in [2.75, 3.05) is 12.4 Å². The van der Waals surface area contributed by atoms with Crippen molar-refractivity contribution in [1.82, 2.24) is 0 Å². The standard InChI is InChI=1S/C15H14BrClO2S/c16-11-2-5-13(6-3-11)20-9-1-8-19-12-4-7-15(18)14(17)10-12/h2-7,10,18H,1,8-9H2. The molecule has 20 heavy (non-hydrogen) atoms. The SMILES string of the molecule is Oc1ccc(OCCCSc2ccc(Br)cc2)cc1Cl. The molecule has 2 aromatic carbocycles. The fourth-order valence-electron chi connectivity index (χ4n) is 1.55. The number of benzene rings is 2. The average molecular weight is 374 g/mol. The molecule has 2 aromatic rings. The summed E-state index contributed by atoms with van der Waals surface area (Å²) in [5.41, 5.74) is 0. The lowest BCUT2D eigenvalue weighted by Crippen LogP contribution is -1.98. The zero-order valence-electron chi connectivity index (χ0n) is 10.7. The Balaban J connectivity index is 1.68. The predicted octanol–water partition coefficient (Wildman–Crippen LogP) is 5.37. The molecule has 0 atom stereocenters. The van der Waals surface area contributed by atoms with Crippen LogP contribution in [0.15, 0.2) is 51.8 Å². The largest absolute Gasteiger partial charge is 0.506 e. The first-order valence-corrected chi connectivity index (χ1v) is 8.30. The molecule has 0 heterocycles. The van der Waals surface area contributed by atoms with E-state index in [-0.39, 0.29) is 5.75 Å². The van der Waals surface area contributed by atoms with Gasteiger partial charge in [-0.05, 0) is 42.8 Å². The third-order valence-electron chi connectivity index (χ3n) is 2.56. The molecule has 0 saturated carbocycles. The maximum Gasteiger partial charge on any atom is 0.134 e. The topological polar surface area (TPSA) is 29.5 Å². The molecule has 1 N–H and O–H groups in total. The molecule has 2 nitrogen and oxygen atoms in total. The number of hydrogen-bond acceptors (Lipinski definition) is 3. The number of thioether (sulfide) groups is 1. The molecule has 0 unspecified atom stereocenters. The third-order valence-corrected chi connectivity index (χ3v) is 4.49. The molecule has 0 aliphatic carbocycles. The van der Waals surface area contributed by atoms with Gasteiger partial charge in [-0.1, -0.05) is 27.5 Å². The Morgan fingerprint density at radius 2 is 1.90 bits per heavy atom. The quantitative estimate of drug-likeness (QED) is 0.545. The number of aromatic hydroxyl groups is 1. The highest BCUT2D eigenvalue weighted by Crippen LogP contribution is 2.27. The van der Waals surface area contributed by atoms with Crippen LogP contribution < -0.4 is 4.74 Å². The lowest BCUT2D eigenvalue weighted by molar-refractivity contribution is 0.318. The Kier molecular flexibility index (Phi) is 6.07. The summed E-state index contributed by atoms with van der Waals surface area (Å²) < 4.78 is 6.67. The fourth-order valence-corrected chi connectivity index (χ4v) is 2.81. The van der Waals surface area contributed by atoms with E-state index >= 15 is 0 Å². The molecule has 0 bridgehead atoms. The summed E-state index contributed by atoms with van der Waals surface area (Å²) in [4.78, 5) is 1.25. The van der Waals surface area contributed by atoms with Gasteiger partial charge < -0.3 is 9.84 Å². The Labute approximate surface area is 136 Å². The molecule has 0 aliphatic heterocycles. The summed E-state index contributed by atoms with van der Waals surface area (Å²) in [5.74, 6) is 1.75. The average Bonchev–Trinajstić information content (AvgIpc) is 2.44. The Hall–Kier alpha value is -0.840. The van der Waals surface area contributed by atoms with E-state index in [1.807, 2.05) is 12.1 Å². The molecule has 5 heteroatoms. The molecule has 0 fully saturated rings. The summed E-state index contributed by atoms with van der Waals surface area (Å²) in [6.07, 6.45) is 0.944. The predicted molar refractivity (Wildman–Crippen MR) is 88.1 cm³/mol. The molecule has 0 saturated heterocycles. The van der Waals surface area contributed by atoms with Crippen LogP contribution in [0.25, 0.3) is 0 Å². The molecule has 0 aromatic heterocycles. The van der Waals surface area contributed by atoms with Gasteiger partial charge in [0, 0.05) is 21.2 Å². The maximum atomic E-state index is 9.30. The number of rotatable bonds is 6. The van der Waals surface area contributed by atoms with E-state index in [0.29, 0.717) is 17.4 Å². The van der Waals surface area contributed by atoms with E-state index < -0.39 is 0 Å². The van der Waals surface area contributed by atoms with E-state index in [0.717, 1.165) is 16.6 Å². The Morgan fingerprint density at radius 1 is 1.15 bits per heavy atom. The number of phenols is 1. The first-order valence-electron chi connectivity index (χ1n) is 6.15. The number of ether oxygens (including phenoxy) is 1. The second-order valence-corrected chi connectivity index (χ2v) is 6.61. The summed E-state index contributed by atoms with van der Waals surface area (Å²) in [5, 5.41) is 9.62. The van der Waals surface area contributed by atoms with Crippen LogP contribution in [0, 0.1) is 0 Å². The summed E-state index contributed by atoms with van der Waals surface area (Å²) in [6.45, 7) is 0.630. The molecule has 0 amide bonds. The Morgan fingerprint density at radius 3 is 2.60 bits per heavy atom. The van der Waals surface area contributed by atoms with Crippen molar-refractivity contribution in [2.45, 2.75) is 11.3 Å². The van der Waals surface area contributed by atoms with Crippen LogP contribution in [0.3, 0.4) is 0 Å². The normalized spacial score (nSPS) is 10.5. The van der Waals surface area contributed by atoms with Crippen LogP contribution >= 0.6 is 39.3 Å². The second-order valence-electron chi connectivity index (χ2n) is 4.12. The van der Waals surface area contributed by atoms with Gasteiger partial charge in [0.25, 0.3) is 0 Å². The molecule has 0 spiro atoms. The molecular formula is C15H14BrClO2S. The van der Waals surface area contributed by atoms with Crippen molar-refractivity contribution >= 4 is 39.3 Å². The van der Waals surface area contributed by atoms with Crippen LogP contribution in [0.1, 0.15) is 6.42 Å². The van der Waals surface area contributed by atoms with Gasteiger partial charge in [0.2, 0.25) is 0 Å².